The van der Waals surface area contributed by atoms with Crippen molar-refractivity contribution in [3.05, 3.63) is 72.0 Å². The minimum absolute atomic E-state index is 0.0563. The second-order valence-corrected chi connectivity index (χ2v) is 14.3. The lowest BCUT2D eigenvalue weighted by Gasteiger charge is -2.39. The van der Waals surface area contributed by atoms with E-state index in [4.69, 9.17) is 4.74 Å². The number of hydrogen-bond donors (Lipinski definition) is 0. The summed E-state index contributed by atoms with van der Waals surface area (Å²) < 4.78 is 145. The van der Waals surface area contributed by atoms with Gasteiger partial charge >= 0.3 is 12.8 Å². The monoisotopic (exact) mass is 679 g/mol. The standard InChI is InChI=1S/C28H27F6N3O6S2/c1-44(38,39)36-9-7-35(8-10-36)16-23-17-37(45(40,41)24-4-2-3-20(14-24)28(32,33)34)25-13-18(5-6-26(25)42-23)19-11-21(29)15-22(12-19)43-27(30)31/h2-6,11-15,23,27H,7-10,16-17H2,1H3/t23-/m0/s1. The maximum absolute atomic E-state index is 14.3. The highest BCUT2D eigenvalue weighted by Gasteiger charge is 2.38. The van der Waals surface area contributed by atoms with Gasteiger partial charge in [-0.1, -0.05) is 12.1 Å². The van der Waals surface area contributed by atoms with Crippen molar-refractivity contribution in [3.63, 3.8) is 0 Å². The highest BCUT2D eigenvalue weighted by molar-refractivity contribution is 7.92. The first kappa shape index (κ1) is 32.8. The molecule has 1 fully saturated rings. The van der Waals surface area contributed by atoms with Crippen LogP contribution in [-0.4, -0.2) is 84.3 Å². The van der Waals surface area contributed by atoms with Crippen molar-refractivity contribution in [1.82, 2.24) is 9.21 Å². The molecule has 3 aromatic rings. The van der Waals surface area contributed by atoms with Gasteiger partial charge in [0.2, 0.25) is 10.0 Å². The summed E-state index contributed by atoms with van der Waals surface area (Å²) in [5.74, 6) is -1.32. The summed E-state index contributed by atoms with van der Waals surface area (Å²) in [4.78, 5) is 1.26. The smallest absolute Gasteiger partial charge is 0.416 e. The predicted molar refractivity (Wildman–Crippen MR) is 152 cm³/mol. The Bertz CT molecular complexity index is 1780. The molecule has 2 aliphatic rings. The molecule has 0 bridgehead atoms. The molecule has 1 saturated heterocycles. The average Bonchev–Trinajstić information content (AvgIpc) is 2.95. The van der Waals surface area contributed by atoms with Gasteiger partial charge in [-0.15, -0.1) is 0 Å². The van der Waals surface area contributed by atoms with Crippen molar-refractivity contribution < 1.29 is 52.7 Å². The second kappa shape index (κ2) is 12.3. The fourth-order valence-corrected chi connectivity index (χ4v) is 7.58. The van der Waals surface area contributed by atoms with Gasteiger partial charge in [-0.3, -0.25) is 9.21 Å². The molecule has 0 radical (unpaired) electrons. The largest absolute Gasteiger partial charge is 0.485 e. The molecule has 9 nitrogen and oxygen atoms in total. The molecular weight excluding hydrogens is 652 g/mol. The van der Waals surface area contributed by atoms with Crippen molar-refractivity contribution in [2.45, 2.75) is 23.8 Å². The number of halogens is 6. The molecule has 5 rings (SSSR count). The Kier molecular flexibility index (Phi) is 9.00. The number of hydrogen-bond acceptors (Lipinski definition) is 7. The van der Waals surface area contributed by atoms with E-state index in [0.29, 0.717) is 19.2 Å². The third-order valence-electron chi connectivity index (χ3n) is 7.33. The van der Waals surface area contributed by atoms with Crippen molar-refractivity contribution >= 4 is 25.7 Å². The minimum atomic E-state index is -4.81. The summed E-state index contributed by atoms with van der Waals surface area (Å²) in [5.41, 5.74) is -0.979. The van der Waals surface area contributed by atoms with Crippen LogP contribution in [-0.2, 0) is 26.2 Å². The zero-order chi connectivity index (χ0) is 32.7. The Hall–Kier alpha value is -3.54. The van der Waals surface area contributed by atoms with Crippen molar-refractivity contribution in [2.75, 3.05) is 49.8 Å². The predicted octanol–water partition coefficient (Wildman–Crippen LogP) is 4.65. The van der Waals surface area contributed by atoms with E-state index in [1.807, 2.05) is 4.90 Å². The molecule has 0 saturated carbocycles. The van der Waals surface area contributed by atoms with Gasteiger partial charge in [-0.05, 0) is 53.6 Å². The quantitative estimate of drug-likeness (QED) is 0.320. The lowest BCUT2D eigenvalue weighted by atomic mass is 10.0. The molecule has 0 N–H and O–H groups in total. The van der Waals surface area contributed by atoms with Crippen LogP contribution in [0.4, 0.5) is 32.0 Å². The first-order valence-electron chi connectivity index (χ1n) is 13.4. The molecule has 244 valence electrons. The maximum Gasteiger partial charge on any atom is 0.416 e. The highest BCUT2D eigenvalue weighted by Crippen LogP contribution is 2.41. The third kappa shape index (κ3) is 7.48. The normalized spacial score (nSPS) is 18.5. The zero-order valence-corrected chi connectivity index (χ0v) is 25.2. The van der Waals surface area contributed by atoms with E-state index < -0.39 is 61.0 Å². The van der Waals surface area contributed by atoms with E-state index in [1.54, 1.807) is 0 Å². The molecule has 0 aromatic heterocycles. The fourth-order valence-electron chi connectivity index (χ4n) is 5.21. The van der Waals surface area contributed by atoms with Gasteiger partial charge < -0.3 is 9.47 Å². The molecule has 0 spiro atoms. The molecule has 2 aliphatic heterocycles. The van der Waals surface area contributed by atoms with E-state index in [1.165, 1.54) is 22.5 Å². The Morgan fingerprint density at radius 2 is 1.64 bits per heavy atom. The first-order valence-corrected chi connectivity index (χ1v) is 16.7. The van der Waals surface area contributed by atoms with Gasteiger partial charge in [0.1, 0.15) is 23.4 Å². The van der Waals surface area contributed by atoms with Crippen molar-refractivity contribution in [1.29, 1.82) is 0 Å². The second-order valence-electron chi connectivity index (χ2n) is 10.5. The lowest BCUT2D eigenvalue weighted by molar-refractivity contribution is -0.137. The average molecular weight is 680 g/mol. The maximum atomic E-state index is 14.3. The van der Waals surface area contributed by atoms with Gasteiger partial charge in [0, 0.05) is 38.8 Å². The number of sulfonamides is 2. The molecule has 17 heteroatoms. The summed E-state index contributed by atoms with van der Waals surface area (Å²) in [6.07, 6.45) is -4.52. The molecule has 0 unspecified atom stereocenters. The topological polar surface area (TPSA) is 96.5 Å². The van der Waals surface area contributed by atoms with Crippen LogP contribution in [0.5, 0.6) is 11.5 Å². The number of rotatable bonds is 8. The van der Waals surface area contributed by atoms with Crippen LogP contribution < -0.4 is 13.8 Å². The zero-order valence-electron chi connectivity index (χ0n) is 23.5. The van der Waals surface area contributed by atoms with Gasteiger partial charge in [0.15, 0.2) is 0 Å². The number of anilines is 1. The number of alkyl halides is 5. The number of ether oxygens (including phenoxy) is 2. The Labute approximate surface area is 255 Å². The highest BCUT2D eigenvalue weighted by atomic mass is 32.2. The SMILES string of the molecule is CS(=O)(=O)N1CCN(C[C@H]2CN(S(=O)(=O)c3cccc(C(F)(F)F)c3)c3cc(-c4cc(F)cc(OC(F)F)c4)ccc3O2)CC1. The van der Waals surface area contributed by atoms with Gasteiger partial charge in [-0.2, -0.15) is 26.3 Å². The van der Waals surface area contributed by atoms with Crippen LogP contribution in [0.15, 0.2) is 65.6 Å². The molecule has 2 heterocycles. The Morgan fingerprint density at radius 1 is 0.933 bits per heavy atom. The Morgan fingerprint density at radius 3 is 2.29 bits per heavy atom. The molecule has 1 atom stereocenters. The van der Waals surface area contributed by atoms with Crippen LogP contribution >= 0.6 is 0 Å². The number of benzene rings is 3. The Balaban J connectivity index is 1.52. The molecular formula is C28H27F6N3O6S2. The van der Waals surface area contributed by atoms with E-state index in [2.05, 4.69) is 4.74 Å². The summed E-state index contributed by atoms with van der Waals surface area (Å²) >= 11 is 0. The van der Waals surface area contributed by atoms with Gasteiger partial charge in [0.25, 0.3) is 10.0 Å². The molecule has 0 aliphatic carbocycles. The van der Waals surface area contributed by atoms with Crippen LogP contribution in [0.2, 0.25) is 0 Å². The van der Waals surface area contributed by atoms with E-state index >= 15 is 0 Å². The third-order valence-corrected chi connectivity index (χ3v) is 10.4. The number of fused-ring (bicyclic) bond motifs is 1. The number of nitrogens with zero attached hydrogens (tertiary/aromatic N) is 3. The summed E-state index contributed by atoms with van der Waals surface area (Å²) in [5, 5.41) is 0. The van der Waals surface area contributed by atoms with Crippen molar-refractivity contribution in [2.24, 2.45) is 0 Å². The van der Waals surface area contributed by atoms with Gasteiger partial charge in [0.05, 0.1) is 28.9 Å². The molecule has 0 amide bonds. The summed E-state index contributed by atoms with van der Waals surface area (Å²) in [7, 11) is -8.04. The molecule has 45 heavy (non-hydrogen) atoms. The summed E-state index contributed by atoms with van der Waals surface area (Å²) in [6, 6.07) is 10.3. The van der Waals surface area contributed by atoms with Crippen LogP contribution in [0, 0.1) is 5.82 Å². The first-order chi connectivity index (χ1) is 21.0. The van der Waals surface area contributed by atoms with Crippen LogP contribution in [0.25, 0.3) is 11.1 Å². The van der Waals surface area contributed by atoms with Gasteiger partial charge in [-0.25, -0.2) is 21.2 Å². The minimum Gasteiger partial charge on any atom is -0.485 e. The van der Waals surface area contributed by atoms with E-state index in [0.717, 1.165) is 47.0 Å². The van der Waals surface area contributed by atoms with E-state index in [9.17, 15) is 43.2 Å². The van der Waals surface area contributed by atoms with Crippen molar-refractivity contribution in [3.8, 4) is 22.6 Å². The van der Waals surface area contributed by atoms with Crippen LogP contribution in [0.3, 0.4) is 0 Å². The lowest BCUT2D eigenvalue weighted by Crippen LogP contribution is -2.53. The van der Waals surface area contributed by atoms with Crippen LogP contribution in [0.1, 0.15) is 5.56 Å². The summed E-state index contributed by atoms with van der Waals surface area (Å²) in [6.45, 7) is -2.29. The number of piperazine rings is 1. The van der Waals surface area contributed by atoms with E-state index in [-0.39, 0.29) is 48.7 Å². The molecule has 3 aromatic carbocycles. The fraction of sp³-hybridized carbons (Fsp3) is 0.357.